The molecule has 7 nitrogen and oxygen atoms in total. The number of para-hydroxylation sites is 1. The van der Waals surface area contributed by atoms with Crippen molar-refractivity contribution in [3.05, 3.63) is 95.3 Å². The molecule has 2 heterocycles. The van der Waals surface area contributed by atoms with Gasteiger partial charge in [0, 0.05) is 17.2 Å². The monoisotopic (exact) mass is 497 g/mol. The van der Waals surface area contributed by atoms with Crippen LogP contribution in [0.2, 0.25) is 0 Å². The van der Waals surface area contributed by atoms with Crippen LogP contribution in [0.15, 0.2) is 72.8 Å². The first-order chi connectivity index (χ1) is 17.9. The van der Waals surface area contributed by atoms with Gasteiger partial charge in [-0.25, -0.2) is 4.39 Å². The van der Waals surface area contributed by atoms with Crippen LogP contribution in [0, 0.1) is 22.6 Å². The number of fused-ring (bicyclic) bond motifs is 3. The van der Waals surface area contributed by atoms with Gasteiger partial charge in [-0.1, -0.05) is 36.4 Å². The van der Waals surface area contributed by atoms with Gasteiger partial charge in [-0.2, -0.15) is 5.26 Å². The molecule has 3 aromatic carbocycles. The van der Waals surface area contributed by atoms with Gasteiger partial charge in [0.1, 0.15) is 11.9 Å². The molecule has 4 atom stereocenters. The molecule has 0 bridgehead atoms. The van der Waals surface area contributed by atoms with Crippen molar-refractivity contribution in [2.24, 2.45) is 11.1 Å². The molecule has 186 valence electrons. The number of carbonyl (C=O) groups is 2. The molecule has 0 spiro atoms. The molecule has 8 heteroatoms. The van der Waals surface area contributed by atoms with Crippen molar-refractivity contribution < 1.29 is 23.5 Å². The number of hydrogen-bond donors (Lipinski definition) is 1. The van der Waals surface area contributed by atoms with Gasteiger partial charge in [-0.3, -0.25) is 9.59 Å². The average molecular weight is 498 g/mol. The quantitative estimate of drug-likeness (QED) is 0.515. The van der Waals surface area contributed by atoms with Crippen LogP contribution in [-0.2, 0) is 4.79 Å². The Balaban J connectivity index is 1.81. The highest BCUT2D eigenvalue weighted by Crippen LogP contribution is 2.56. The lowest BCUT2D eigenvalue weighted by atomic mass is 9.67. The van der Waals surface area contributed by atoms with Crippen molar-refractivity contribution in [3.63, 3.8) is 0 Å². The number of halogens is 1. The number of benzene rings is 3. The van der Waals surface area contributed by atoms with Crippen molar-refractivity contribution in [1.82, 2.24) is 0 Å². The number of ether oxygens (including phenoxy) is 2. The molecule has 5 rings (SSSR count). The summed E-state index contributed by atoms with van der Waals surface area (Å²) in [7, 11) is 2.98. The first-order valence-corrected chi connectivity index (χ1v) is 11.7. The summed E-state index contributed by atoms with van der Waals surface area (Å²) in [6, 6.07) is 18.1. The Hall–Kier alpha value is -4.64. The van der Waals surface area contributed by atoms with Crippen molar-refractivity contribution in [2.75, 3.05) is 19.1 Å². The third-order valence-electron chi connectivity index (χ3n) is 7.30. The Kier molecular flexibility index (Phi) is 5.92. The van der Waals surface area contributed by atoms with Crippen LogP contribution in [-0.4, -0.2) is 38.0 Å². The predicted molar refractivity (Wildman–Crippen MR) is 136 cm³/mol. The minimum atomic E-state index is -1.80. The van der Waals surface area contributed by atoms with Crippen LogP contribution in [0.4, 0.5) is 10.1 Å². The summed E-state index contributed by atoms with van der Waals surface area (Å²) in [6.07, 6.45) is 3.59. The van der Waals surface area contributed by atoms with E-state index in [9.17, 15) is 19.2 Å². The summed E-state index contributed by atoms with van der Waals surface area (Å²) < 4.78 is 24.6. The number of anilines is 1. The predicted octanol–water partition coefficient (Wildman–Crippen LogP) is 4.09. The van der Waals surface area contributed by atoms with E-state index in [1.54, 1.807) is 29.2 Å². The molecule has 1 fully saturated rings. The molecular formula is C29H24FN3O4. The zero-order valence-corrected chi connectivity index (χ0v) is 20.2. The molecule has 2 aliphatic rings. The summed E-state index contributed by atoms with van der Waals surface area (Å²) in [5.74, 6) is -1.84. The van der Waals surface area contributed by atoms with Crippen LogP contribution < -0.4 is 20.1 Å². The summed E-state index contributed by atoms with van der Waals surface area (Å²) >= 11 is 0. The molecule has 0 saturated carbocycles. The van der Waals surface area contributed by atoms with E-state index in [0.29, 0.717) is 22.7 Å². The lowest BCUT2D eigenvalue weighted by molar-refractivity contribution is -0.125. The van der Waals surface area contributed by atoms with Gasteiger partial charge in [0.25, 0.3) is 0 Å². The van der Waals surface area contributed by atoms with E-state index < -0.39 is 35.1 Å². The maximum Gasteiger partial charge on any atom is 0.241 e. The highest BCUT2D eigenvalue weighted by Gasteiger charge is 2.65. The minimum Gasteiger partial charge on any atom is -0.493 e. The lowest BCUT2D eigenvalue weighted by Gasteiger charge is -2.36. The number of carbonyl (C=O) groups excluding carboxylic acids is 2. The topological polar surface area (TPSA) is 106 Å². The third kappa shape index (κ3) is 3.54. The summed E-state index contributed by atoms with van der Waals surface area (Å²) in [5.41, 5.74) is 6.50. The number of primary amides is 1. The van der Waals surface area contributed by atoms with E-state index in [2.05, 4.69) is 6.07 Å². The molecule has 0 unspecified atom stereocenters. The van der Waals surface area contributed by atoms with Gasteiger partial charge in [0.05, 0.1) is 26.3 Å². The number of nitriles is 1. The largest absolute Gasteiger partial charge is 0.493 e. The number of nitrogens with zero attached hydrogens (tertiary/aromatic N) is 2. The summed E-state index contributed by atoms with van der Waals surface area (Å²) in [6.45, 7) is 0. The molecular weight excluding hydrogens is 473 g/mol. The van der Waals surface area contributed by atoms with Gasteiger partial charge >= 0.3 is 0 Å². The average Bonchev–Trinajstić information content (AvgIpc) is 3.24. The molecule has 0 aromatic heterocycles. The van der Waals surface area contributed by atoms with Crippen LogP contribution >= 0.6 is 0 Å². The first kappa shape index (κ1) is 24.1. The van der Waals surface area contributed by atoms with Gasteiger partial charge in [-0.05, 0) is 53.6 Å². The number of ketones is 1. The number of methoxy groups -OCH3 is 2. The van der Waals surface area contributed by atoms with E-state index >= 15 is 0 Å². The van der Waals surface area contributed by atoms with Gasteiger partial charge in [0.2, 0.25) is 5.91 Å². The lowest BCUT2D eigenvalue weighted by Crippen LogP contribution is -2.49. The number of Topliss-reactive ketones (excluding diaryl/α,β-unsaturated/α-hetero) is 1. The van der Waals surface area contributed by atoms with Crippen LogP contribution in [0.25, 0.3) is 6.08 Å². The smallest absolute Gasteiger partial charge is 0.241 e. The fourth-order valence-corrected chi connectivity index (χ4v) is 5.63. The van der Waals surface area contributed by atoms with Crippen LogP contribution in [0.5, 0.6) is 11.5 Å². The third-order valence-corrected chi connectivity index (χ3v) is 7.30. The Morgan fingerprint density at radius 3 is 2.38 bits per heavy atom. The number of rotatable bonds is 6. The standard InChI is InChI=1S/C29H24FN3O4/c1-36-22-13-9-19(15-23(22)37-2)25-26(27(34)18-7-11-20(30)12-8-18)33-21-6-4-3-5-17(21)10-14-24(33)29(25,16-31)28(32)35/h3-15,24-26H,1-2H3,(H2,32,35)/t24-,25-,26-,29-/m1/s1. The summed E-state index contributed by atoms with van der Waals surface area (Å²) in [5, 5.41) is 10.6. The molecule has 0 radical (unpaired) electrons. The molecule has 37 heavy (non-hydrogen) atoms. The number of nitrogens with two attached hydrogens (primary N) is 1. The highest BCUT2D eigenvalue weighted by atomic mass is 19.1. The molecule has 2 N–H and O–H groups in total. The Bertz CT molecular complexity index is 1460. The highest BCUT2D eigenvalue weighted by molar-refractivity contribution is 6.06. The molecule has 3 aromatic rings. The zero-order valence-electron chi connectivity index (χ0n) is 20.2. The second kappa shape index (κ2) is 9.10. The molecule has 0 aliphatic carbocycles. The van der Waals surface area contributed by atoms with Crippen molar-refractivity contribution in [2.45, 2.75) is 18.0 Å². The Morgan fingerprint density at radius 2 is 1.73 bits per heavy atom. The zero-order chi connectivity index (χ0) is 26.3. The van der Waals surface area contributed by atoms with E-state index in [1.165, 1.54) is 38.5 Å². The van der Waals surface area contributed by atoms with Crippen molar-refractivity contribution in [3.8, 4) is 17.6 Å². The minimum absolute atomic E-state index is 0.251. The number of hydrogen-bond acceptors (Lipinski definition) is 6. The van der Waals surface area contributed by atoms with Gasteiger partial charge in [0.15, 0.2) is 22.7 Å². The van der Waals surface area contributed by atoms with E-state index in [0.717, 1.165) is 5.56 Å². The fraction of sp³-hybridized carbons (Fsp3) is 0.207. The Morgan fingerprint density at radius 1 is 1.03 bits per heavy atom. The normalized spacial score (nSPS) is 23.5. The van der Waals surface area contributed by atoms with Crippen molar-refractivity contribution >= 4 is 23.5 Å². The van der Waals surface area contributed by atoms with Gasteiger partial charge in [-0.15, -0.1) is 0 Å². The Labute approximate surface area is 213 Å². The van der Waals surface area contributed by atoms with E-state index in [-0.39, 0.29) is 11.3 Å². The maximum atomic E-state index is 14.2. The van der Waals surface area contributed by atoms with E-state index in [1.807, 2.05) is 30.3 Å². The van der Waals surface area contributed by atoms with E-state index in [4.69, 9.17) is 15.2 Å². The number of amides is 1. The maximum absolute atomic E-state index is 14.2. The van der Waals surface area contributed by atoms with Crippen LogP contribution in [0.3, 0.4) is 0 Å². The second-order valence-electron chi connectivity index (χ2n) is 9.02. The van der Waals surface area contributed by atoms with Crippen LogP contribution in [0.1, 0.15) is 27.4 Å². The first-order valence-electron chi connectivity index (χ1n) is 11.7. The van der Waals surface area contributed by atoms with Crippen molar-refractivity contribution in [1.29, 1.82) is 5.26 Å². The molecule has 1 amide bonds. The summed E-state index contributed by atoms with van der Waals surface area (Å²) in [4.78, 5) is 29.3. The molecule has 1 saturated heterocycles. The molecule has 2 aliphatic heterocycles. The second-order valence-corrected chi connectivity index (χ2v) is 9.02. The fourth-order valence-electron chi connectivity index (χ4n) is 5.63. The van der Waals surface area contributed by atoms with Gasteiger partial charge < -0.3 is 20.1 Å². The SMILES string of the molecule is COc1ccc([C@@H]2[C@H](C(=O)c3ccc(F)cc3)N3c4ccccc4C=C[C@@H]3[C@@]2(C#N)C(N)=O)cc1OC.